The molecule has 108 valence electrons. The number of aryl methyl sites for hydroxylation is 1. The molecule has 2 aromatic rings. The van der Waals surface area contributed by atoms with Crippen molar-refractivity contribution >= 4 is 17.3 Å². The zero-order valence-corrected chi connectivity index (χ0v) is 13.3. The minimum atomic E-state index is -0.453. The van der Waals surface area contributed by atoms with Crippen LogP contribution in [0.3, 0.4) is 0 Å². The van der Waals surface area contributed by atoms with E-state index in [0.29, 0.717) is 0 Å². The van der Waals surface area contributed by atoms with Gasteiger partial charge in [-0.25, -0.2) is 0 Å². The van der Waals surface area contributed by atoms with E-state index in [4.69, 9.17) is 16.9 Å². The number of nitrogens with zero attached hydrogens (tertiary/aromatic N) is 1. The first-order valence-electron chi connectivity index (χ1n) is 6.93. The van der Waals surface area contributed by atoms with Gasteiger partial charge in [0.15, 0.2) is 0 Å². The van der Waals surface area contributed by atoms with Crippen molar-refractivity contribution in [2.75, 3.05) is 5.32 Å². The van der Waals surface area contributed by atoms with Gasteiger partial charge in [0.25, 0.3) is 0 Å². The van der Waals surface area contributed by atoms with Gasteiger partial charge in [0, 0.05) is 17.3 Å². The van der Waals surface area contributed by atoms with Crippen LogP contribution in [0.5, 0.6) is 0 Å². The molecule has 0 saturated carbocycles. The Labute approximate surface area is 131 Å². The topological polar surface area (TPSA) is 35.8 Å². The van der Waals surface area contributed by atoms with Crippen LogP contribution >= 0.6 is 11.6 Å². The summed E-state index contributed by atoms with van der Waals surface area (Å²) in [6.07, 6.45) is 0. The Balaban J connectivity index is 2.06. The highest BCUT2D eigenvalue weighted by Gasteiger charge is 2.18. The van der Waals surface area contributed by atoms with Crippen molar-refractivity contribution in [3.8, 4) is 6.07 Å². The largest absolute Gasteiger partial charge is 0.381 e. The van der Waals surface area contributed by atoms with Gasteiger partial charge in [-0.2, -0.15) is 5.26 Å². The van der Waals surface area contributed by atoms with Crippen molar-refractivity contribution in [2.45, 2.75) is 32.7 Å². The summed E-state index contributed by atoms with van der Waals surface area (Å²) < 4.78 is 0. The van der Waals surface area contributed by atoms with Crippen LogP contribution in [-0.4, -0.2) is 0 Å². The lowest BCUT2D eigenvalue weighted by atomic mass is 9.86. The number of benzene rings is 2. The highest BCUT2D eigenvalue weighted by molar-refractivity contribution is 6.30. The first-order valence-corrected chi connectivity index (χ1v) is 7.31. The monoisotopic (exact) mass is 298 g/mol. The Morgan fingerprint density at radius 1 is 1.14 bits per heavy atom. The van der Waals surface area contributed by atoms with E-state index in [9.17, 15) is 0 Å². The van der Waals surface area contributed by atoms with Gasteiger partial charge in [0.1, 0.15) is 0 Å². The maximum Gasteiger partial charge on any atom is 0.0766 e. The van der Waals surface area contributed by atoms with Crippen LogP contribution in [-0.2, 0) is 12.0 Å². The fourth-order valence-corrected chi connectivity index (χ4v) is 2.35. The summed E-state index contributed by atoms with van der Waals surface area (Å²) >= 11 is 5.96. The molecule has 0 aromatic heterocycles. The van der Waals surface area contributed by atoms with Gasteiger partial charge in [-0.05, 0) is 61.7 Å². The number of nitrogens with one attached hydrogen (secondary N) is 1. The Kier molecular flexibility index (Phi) is 4.55. The van der Waals surface area contributed by atoms with E-state index in [-0.39, 0.29) is 0 Å². The average molecular weight is 299 g/mol. The van der Waals surface area contributed by atoms with Crippen LogP contribution in [0.25, 0.3) is 0 Å². The van der Waals surface area contributed by atoms with Crippen molar-refractivity contribution in [2.24, 2.45) is 0 Å². The summed E-state index contributed by atoms with van der Waals surface area (Å²) in [4.78, 5) is 0. The first kappa shape index (κ1) is 15.4. The Bertz CT molecular complexity index is 667. The molecule has 0 radical (unpaired) electrons. The number of anilines is 1. The predicted molar refractivity (Wildman–Crippen MR) is 88.6 cm³/mol. The minimum Gasteiger partial charge on any atom is -0.381 e. The second kappa shape index (κ2) is 6.20. The molecule has 0 aliphatic heterocycles. The second-order valence-corrected chi connectivity index (χ2v) is 6.17. The summed E-state index contributed by atoms with van der Waals surface area (Å²) in [5.74, 6) is 0. The molecule has 2 aromatic carbocycles. The normalized spacial score (nSPS) is 11.0. The zero-order chi connectivity index (χ0) is 15.5. The first-order chi connectivity index (χ1) is 9.92. The zero-order valence-electron chi connectivity index (χ0n) is 12.6. The molecule has 0 amide bonds. The standard InChI is InChI=1S/C18H19ClN2/c1-13-10-16(19)7-4-14(13)11-21-17-8-5-15(6-9-17)18(2,3)12-20/h4-10,21H,11H2,1-3H3. The van der Waals surface area contributed by atoms with Gasteiger partial charge < -0.3 is 5.32 Å². The smallest absolute Gasteiger partial charge is 0.0766 e. The average Bonchev–Trinajstić information content (AvgIpc) is 2.47. The van der Waals surface area contributed by atoms with E-state index in [1.807, 2.05) is 56.3 Å². The van der Waals surface area contributed by atoms with Gasteiger partial charge in [0.2, 0.25) is 0 Å². The van der Waals surface area contributed by atoms with E-state index in [0.717, 1.165) is 22.8 Å². The van der Waals surface area contributed by atoms with Gasteiger partial charge >= 0.3 is 0 Å². The maximum atomic E-state index is 9.15. The molecule has 0 aliphatic rings. The van der Waals surface area contributed by atoms with Gasteiger partial charge in [-0.3, -0.25) is 0 Å². The van der Waals surface area contributed by atoms with Crippen LogP contribution in [0, 0.1) is 18.3 Å². The van der Waals surface area contributed by atoms with Crippen LogP contribution in [0.15, 0.2) is 42.5 Å². The summed E-state index contributed by atoms with van der Waals surface area (Å²) in [6, 6.07) is 16.3. The van der Waals surface area contributed by atoms with Crippen molar-refractivity contribution in [1.29, 1.82) is 5.26 Å². The molecule has 21 heavy (non-hydrogen) atoms. The molecule has 0 fully saturated rings. The molecule has 0 saturated heterocycles. The van der Waals surface area contributed by atoms with E-state index in [2.05, 4.69) is 18.3 Å². The minimum absolute atomic E-state index is 0.453. The van der Waals surface area contributed by atoms with Crippen molar-refractivity contribution in [1.82, 2.24) is 0 Å². The lowest BCUT2D eigenvalue weighted by Crippen LogP contribution is -2.13. The third-order valence-corrected chi connectivity index (χ3v) is 3.91. The third kappa shape index (κ3) is 3.77. The lowest BCUT2D eigenvalue weighted by molar-refractivity contribution is 0.687. The number of rotatable bonds is 4. The quantitative estimate of drug-likeness (QED) is 0.856. The summed E-state index contributed by atoms with van der Waals surface area (Å²) in [5.41, 5.74) is 4.02. The summed E-state index contributed by atoms with van der Waals surface area (Å²) in [5, 5.41) is 13.3. The van der Waals surface area contributed by atoms with Crippen molar-refractivity contribution in [3.63, 3.8) is 0 Å². The van der Waals surface area contributed by atoms with E-state index >= 15 is 0 Å². The molecule has 0 atom stereocenters. The molecular formula is C18H19ClN2. The maximum absolute atomic E-state index is 9.15. The molecule has 2 rings (SSSR count). The number of nitriles is 1. The number of halogens is 1. The van der Waals surface area contributed by atoms with Crippen LogP contribution in [0.1, 0.15) is 30.5 Å². The van der Waals surface area contributed by atoms with Crippen molar-refractivity contribution in [3.05, 3.63) is 64.2 Å². The predicted octanol–water partition coefficient (Wildman–Crippen LogP) is 5.06. The fourth-order valence-electron chi connectivity index (χ4n) is 2.12. The molecule has 1 N–H and O–H groups in total. The molecular weight excluding hydrogens is 280 g/mol. The van der Waals surface area contributed by atoms with Crippen LogP contribution in [0.4, 0.5) is 5.69 Å². The third-order valence-electron chi connectivity index (χ3n) is 3.67. The highest BCUT2D eigenvalue weighted by Crippen LogP contribution is 2.24. The highest BCUT2D eigenvalue weighted by atomic mass is 35.5. The van der Waals surface area contributed by atoms with Crippen LogP contribution < -0.4 is 5.32 Å². The molecule has 0 heterocycles. The molecule has 3 heteroatoms. The van der Waals surface area contributed by atoms with E-state index in [1.54, 1.807) is 0 Å². The Morgan fingerprint density at radius 2 is 1.81 bits per heavy atom. The molecule has 0 aliphatic carbocycles. The molecule has 0 bridgehead atoms. The fraction of sp³-hybridized carbons (Fsp3) is 0.278. The van der Waals surface area contributed by atoms with E-state index < -0.39 is 5.41 Å². The number of hydrogen-bond acceptors (Lipinski definition) is 2. The summed E-state index contributed by atoms with van der Waals surface area (Å²) in [6.45, 7) is 6.66. The lowest BCUT2D eigenvalue weighted by Gasteiger charge is -2.16. The Hall–Kier alpha value is -1.98. The molecule has 0 unspecified atom stereocenters. The van der Waals surface area contributed by atoms with Crippen LogP contribution in [0.2, 0.25) is 5.02 Å². The van der Waals surface area contributed by atoms with Gasteiger partial charge in [-0.1, -0.05) is 29.8 Å². The SMILES string of the molecule is Cc1cc(Cl)ccc1CNc1ccc(C(C)(C)C#N)cc1. The van der Waals surface area contributed by atoms with Gasteiger partial charge in [0.05, 0.1) is 11.5 Å². The van der Waals surface area contributed by atoms with E-state index in [1.165, 1.54) is 11.1 Å². The van der Waals surface area contributed by atoms with Crippen molar-refractivity contribution < 1.29 is 0 Å². The Morgan fingerprint density at radius 3 is 2.38 bits per heavy atom. The number of hydrogen-bond donors (Lipinski definition) is 1. The molecule has 2 nitrogen and oxygen atoms in total. The second-order valence-electron chi connectivity index (χ2n) is 5.74. The molecule has 0 spiro atoms. The van der Waals surface area contributed by atoms with Gasteiger partial charge in [-0.15, -0.1) is 0 Å². The summed E-state index contributed by atoms with van der Waals surface area (Å²) in [7, 11) is 0.